The number of quaternary nitrogens is 1. The van der Waals surface area contributed by atoms with E-state index in [2.05, 4.69) is 11.4 Å². The van der Waals surface area contributed by atoms with Crippen LogP contribution in [0.5, 0.6) is 5.75 Å². The highest BCUT2D eigenvalue weighted by molar-refractivity contribution is 6.33. The third kappa shape index (κ3) is 4.98. The third-order valence-corrected chi connectivity index (χ3v) is 4.10. The average molecular weight is 348 g/mol. The molecule has 2 aromatic carbocycles. The van der Waals surface area contributed by atoms with Gasteiger partial charge in [0.15, 0.2) is 6.54 Å². The molecule has 128 valence electrons. The molecule has 24 heavy (non-hydrogen) atoms. The lowest BCUT2D eigenvalue weighted by atomic mass is 10.1. The number of halogens is 1. The van der Waals surface area contributed by atoms with Gasteiger partial charge in [0, 0.05) is 5.56 Å². The number of methoxy groups -OCH3 is 1. The predicted octanol–water partition coefficient (Wildman–Crippen LogP) is 2.62. The van der Waals surface area contributed by atoms with E-state index < -0.39 is 0 Å². The van der Waals surface area contributed by atoms with Crippen LogP contribution in [0.1, 0.15) is 16.7 Å². The number of hydrogen-bond acceptors (Lipinski definition) is 2. The summed E-state index contributed by atoms with van der Waals surface area (Å²) in [5.74, 6) is 0.784. The van der Waals surface area contributed by atoms with Crippen molar-refractivity contribution in [3.05, 3.63) is 58.1 Å². The summed E-state index contributed by atoms with van der Waals surface area (Å²) >= 11 is 6.16. The fraction of sp³-hybridized carbons (Fsp3) is 0.316. The van der Waals surface area contributed by atoms with E-state index in [1.54, 1.807) is 7.11 Å². The summed E-state index contributed by atoms with van der Waals surface area (Å²) in [5.41, 5.74) is 3.98. The van der Waals surface area contributed by atoms with Crippen molar-refractivity contribution in [1.29, 1.82) is 0 Å². The van der Waals surface area contributed by atoms with Gasteiger partial charge in [-0.2, -0.15) is 0 Å². The van der Waals surface area contributed by atoms with Crippen LogP contribution in [-0.2, 0) is 11.3 Å². The van der Waals surface area contributed by atoms with Gasteiger partial charge in [-0.25, -0.2) is 0 Å². The van der Waals surface area contributed by atoms with Crippen molar-refractivity contribution in [2.24, 2.45) is 0 Å². The standard InChI is InChI=1S/C19H23ClN2O2/c1-13-6-8-18(24-4)15(9-13)11-22(3)12-19(23)21-17-7-5-14(2)10-16(17)20/h5-10H,11-12H2,1-4H3,(H,21,23)/p+1. The second-order valence-corrected chi connectivity index (χ2v) is 6.56. The average Bonchev–Trinajstić information content (AvgIpc) is 2.50. The quantitative estimate of drug-likeness (QED) is 0.843. The molecular formula is C19H24ClN2O2+. The van der Waals surface area contributed by atoms with Gasteiger partial charge in [-0.05, 0) is 43.7 Å². The van der Waals surface area contributed by atoms with E-state index in [0.29, 0.717) is 23.8 Å². The Morgan fingerprint density at radius 2 is 1.83 bits per heavy atom. The van der Waals surface area contributed by atoms with Crippen molar-refractivity contribution in [3.8, 4) is 5.75 Å². The van der Waals surface area contributed by atoms with Crippen LogP contribution in [0.3, 0.4) is 0 Å². The van der Waals surface area contributed by atoms with Crippen LogP contribution >= 0.6 is 11.6 Å². The Balaban J connectivity index is 1.98. The number of carbonyl (C=O) groups excluding carboxylic acids is 1. The van der Waals surface area contributed by atoms with E-state index >= 15 is 0 Å². The van der Waals surface area contributed by atoms with Gasteiger partial charge in [0.2, 0.25) is 0 Å². The summed E-state index contributed by atoms with van der Waals surface area (Å²) in [4.78, 5) is 13.3. The Hall–Kier alpha value is -2.04. The van der Waals surface area contributed by atoms with E-state index in [4.69, 9.17) is 16.3 Å². The van der Waals surface area contributed by atoms with Gasteiger partial charge in [-0.3, -0.25) is 4.79 Å². The van der Waals surface area contributed by atoms with Gasteiger partial charge in [0.05, 0.1) is 24.9 Å². The molecule has 5 heteroatoms. The lowest BCUT2D eigenvalue weighted by Crippen LogP contribution is -3.08. The van der Waals surface area contributed by atoms with E-state index in [-0.39, 0.29) is 5.91 Å². The number of ether oxygens (including phenoxy) is 1. The summed E-state index contributed by atoms with van der Waals surface area (Å²) < 4.78 is 5.40. The van der Waals surface area contributed by atoms with Crippen molar-refractivity contribution in [2.45, 2.75) is 20.4 Å². The second-order valence-electron chi connectivity index (χ2n) is 6.16. The van der Waals surface area contributed by atoms with Gasteiger partial charge < -0.3 is 15.0 Å². The molecule has 0 saturated heterocycles. The van der Waals surface area contributed by atoms with Gasteiger partial charge in [-0.1, -0.05) is 29.3 Å². The Labute approximate surface area is 148 Å². The first-order valence-electron chi connectivity index (χ1n) is 7.90. The van der Waals surface area contributed by atoms with Crippen molar-refractivity contribution < 1.29 is 14.4 Å². The van der Waals surface area contributed by atoms with E-state index in [0.717, 1.165) is 21.8 Å². The molecule has 0 bridgehead atoms. The number of carbonyl (C=O) groups is 1. The van der Waals surface area contributed by atoms with E-state index in [1.165, 1.54) is 5.56 Å². The zero-order chi connectivity index (χ0) is 17.7. The lowest BCUT2D eigenvalue weighted by Gasteiger charge is -2.16. The molecular weight excluding hydrogens is 324 g/mol. The molecule has 0 aliphatic heterocycles. The van der Waals surface area contributed by atoms with E-state index in [1.807, 2.05) is 51.2 Å². The molecule has 0 heterocycles. The SMILES string of the molecule is COc1ccc(C)cc1C[NH+](C)CC(=O)Nc1ccc(C)cc1Cl. The van der Waals surface area contributed by atoms with Crippen LogP contribution in [-0.4, -0.2) is 26.6 Å². The normalized spacial score (nSPS) is 11.9. The van der Waals surface area contributed by atoms with Crippen LogP contribution in [0.25, 0.3) is 0 Å². The zero-order valence-corrected chi connectivity index (χ0v) is 15.3. The zero-order valence-electron chi connectivity index (χ0n) is 14.6. The lowest BCUT2D eigenvalue weighted by molar-refractivity contribution is -0.885. The summed E-state index contributed by atoms with van der Waals surface area (Å²) in [6.45, 7) is 5.07. The molecule has 2 N–H and O–H groups in total. The summed E-state index contributed by atoms with van der Waals surface area (Å²) in [6.07, 6.45) is 0. The fourth-order valence-electron chi connectivity index (χ4n) is 2.62. The van der Waals surface area contributed by atoms with Gasteiger partial charge in [0.1, 0.15) is 12.3 Å². The van der Waals surface area contributed by atoms with Crippen LogP contribution in [0.15, 0.2) is 36.4 Å². The molecule has 0 spiro atoms. The number of anilines is 1. The fourth-order valence-corrected chi connectivity index (χ4v) is 2.91. The molecule has 0 fully saturated rings. The van der Waals surface area contributed by atoms with Crippen LogP contribution in [0.2, 0.25) is 5.02 Å². The van der Waals surface area contributed by atoms with Crippen LogP contribution in [0, 0.1) is 13.8 Å². The highest BCUT2D eigenvalue weighted by atomic mass is 35.5. The number of aryl methyl sites for hydroxylation is 2. The van der Waals surface area contributed by atoms with Crippen LogP contribution < -0.4 is 15.0 Å². The van der Waals surface area contributed by atoms with E-state index in [9.17, 15) is 4.79 Å². The molecule has 1 amide bonds. The largest absolute Gasteiger partial charge is 0.496 e. The molecule has 0 aliphatic rings. The minimum absolute atomic E-state index is 0.0649. The molecule has 2 aromatic rings. The topological polar surface area (TPSA) is 42.8 Å². The van der Waals surface area contributed by atoms with Gasteiger partial charge in [-0.15, -0.1) is 0 Å². The number of likely N-dealkylation sites (N-methyl/N-ethyl adjacent to an activating group) is 1. The summed E-state index contributed by atoms with van der Waals surface area (Å²) in [6, 6.07) is 11.7. The number of hydrogen-bond donors (Lipinski definition) is 2. The highest BCUT2D eigenvalue weighted by Crippen LogP contribution is 2.22. The maximum absolute atomic E-state index is 12.2. The maximum atomic E-state index is 12.2. The predicted molar refractivity (Wildman–Crippen MR) is 98.0 cm³/mol. The monoisotopic (exact) mass is 347 g/mol. The maximum Gasteiger partial charge on any atom is 0.279 e. The minimum Gasteiger partial charge on any atom is -0.496 e. The van der Waals surface area contributed by atoms with Gasteiger partial charge in [0.25, 0.3) is 5.91 Å². The molecule has 0 aromatic heterocycles. The van der Waals surface area contributed by atoms with Crippen LogP contribution in [0.4, 0.5) is 5.69 Å². The number of amides is 1. The third-order valence-electron chi connectivity index (χ3n) is 3.79. The first kappa shape index (κ1) is 18.3. The summed E-state index contributed by atoms with van der Waals surface area (Å²) in [7, 11) is 3.65. The molecule has 2 rings (SSSR count). The van der Waals surface area contributed by atoms with Crippen molar-refractivity contribution >= 4 is 23.2 Å². The number of nitrogens with one attached hydrogen (secondary N) is 2. The first-order chi connectivity index (χ1) is 11.4. The number of rotatable bonds is 6. The molecule has 0 saturated carbocycles. The van der Waals surface area contributed by atoms with Crippen molar-refractivity contribution in [1.82, 2.24) is 0 Å². The molecule has 0 radical (unpaired) electrons. The van der Waals surface area contributed by atoms with Gasteiger partial charge >= 0.3 is 0 Å². The highest BCUT2D eigenvalue weighted by Gasteiger charge is 2.14. The Morgan fingerprint density at radius 3 is 2.50 bits per heavy atom. The minimum atomic E-state index is -0.0649. The number of benzene rings is 2. The van der Waals surface area contributed by atoms with Crippen molar-refractivity contribution in [3.63, 3.8) is 0 Å². The Bertz CT molecular complexity index is 731. The molecule has 1 unspecified atom stereocenters. The smallest absolute Gasteiger partial charge is 0.279 e. The molecule has 4 nitrogen and oxygen atoms in total. The first-order valence-corrected chi connectivity index (χ1v) is 8.27. The Kier molecular flexibility index (Phi) is 6.23. The second kappa shape index (κ2) is 8.18. The summed E-state index contributed by atoms with van der Waals surface area (Å²) in [5, 5.41) is 3.43. The Morgan fingerprint density at radius 1 is 1.17 bits per heavy atom. The van der Waals surface area contributed by atoms with Crippen molar-refractivity contribution in [2.75, 3.05) is 26.0 Å². The molecule has 1 atom stereocenters. The molecule has 0 aliphatic carbocycles.